The number of hydrogen-bond acceptors (Lipinski definition) is 4. The first-order valence-corrected chi connectivity index (χ1v) is 5.98. The molecule has 2 rings (SSSR count). The maximum absolute atomic E-state index is 11.0. The maximum Gasteiger partial charge on any atom is 0.303 e. The predicted octanol–water partition coefficient (Wildman–Crippen LogP) is 1.12. The molecule has 1 heterocycles. The summed E-state index contributed by atoms with van der Waals surface area (Å²) in [5.41, 5.74) is -0.249. The van der Waals surface area contributed by atoms with E-state index in [1.165, 1.54) is 24.2 Å². The number of H-pyrrole nitrogens is 1. The van der Waals surface area contributed by atoms with Crippen molar-refractivity contribution in [3.05, 3.63) is 22.7 Å². The molecule has 16 heavy (non-hydrogen) atoms. The minimum Gasteiger partial charge on any atom is -0.481 e. The molecule has 0 atom stereocenters. The Hall–Kier alpha value is -1.30. The van der Waals surface area contributed by atoms with E-state index in [4.69, 9.17) is 5.11 Å². The highest BCUT2D eigenvalue weighted by atomic mass is 32.2. The molecule has 0 saturated heterocycles. The van der Waals surface area contributed by atoms with Gasteiger partial charge in [0.25, 0.3) is 5.56 Å². The van der Waals surface area contributed by atoms with Crippen LogP contribution in [-0.4, -0.2) is 26.8 Å². The van der Waals surface area contributed by atoms with E-state index in [-0.39, 0.29) is 17.4 Å². The molecule has 5 nitrogen and oxygen atoms in total. The average Bonchev–Trinajstić information content (AvgIpc) is 2.95. The molecule has 0 aliphatic heterocycles. The fourth-order valence-corrected chi connectivity index (χ4v) is 2.69. The highest BCUT2D eigenvalue weighted by Gasteiger charge is 2.44. The van der Waals surface area contributed by atoms with E-state index in [1.54, 1.807) is 0 Å². The van der Waals surface area contributed by atoms with Gasteiger partial charge in [-0.25, -0.2) is 4.98 Å². The minimum absolute atomic E-state index is 0.0687. The molecule has 1 aliphatic carbocycles. The van der Waals surface area contributed by atoms with Gasteiger partial charge in [-0.1, -0.05) is 0 Å². The van der Waals surface area contributed by atoms with Gasteiger partial charge in [0, 0.05) is 11.8 Å². The van der Waals surface area contributed by atoms with Crippen molar-refractivity contribution < 1.29 is 9.90 Å². The number of hydrogen-bond donors (Lipinski definition) is 2. The van der Waals surface area contributed by atoms with E-state index < -0.39 is 5.97 Å². The van der Waals surface area contributed by atoms with Crippen molar-refractivity contribution in [2.45, 2.75) is 24.3 Å². The minimum atomic E-state index is -0.753. The Bertz CT molecular complexity index is 453. The van der Waals surface area contributed by atoms with Crippen LogP contribution in [0.3, 0.4) is 0 Å². The summed E-state index contributed by atoms with van der Waals surface area (Å²) in [6.07, 6.45) is 3.48. The number of carbonyl (C=O) groups is 1. The molecular formula is C10H12N2O3S. The Morgan fingerprint density at radius 1 is 1.62 bits per heavy atom. The number of carboxylic acid groups (broad SMARTS) is 1. The smallest absolute Gasteiger partial charge is 0.303 e. The molecule has 1 saturated carbocycles. The van der Waals surface area contributed by atoms with Crippen LogP contribution in [0.5, 0.6) is 0 Å². The Kier molecular flexibility index (Phi) is 3.00. The lowest BCUT2D eigenvalue weighted by molar-refractivity contribution is -0.138. The molecule has 0 spiro atoms. The SMILES string of the molecule is O=C(O)CC1(CSc2cc(=O)[nH]cn2)CC1. The van der Waals surface area contributed by atoms with Gasteiger partial charge in [-0.2, -0.15) is 0 Å². The van der Waals surface area contributed by atoms with Crippen molar-refractivity contribution in [1.82, 2.24) is 9.97 Å². The van der Waals surface area contributed by atoms with Gasteiger partial charge in [0.15, 0.2) is 0 Å². The van der Waals surface area contributed by atoms with Crippen molar-refractivity contribution in [2.24, 2.45) is 5.41 Å². The zero-order chi connectivity index (χ0) is 11.6. The number of rotatable bonds is 5. The van der Waals surface area contributed by atoms with Crippen LogP contribution in [0.1, 0.15) is 19.3 Å². The number of thioether (sulfide) groups is 1. The first-order chi connectivity index (χ1) is 7.60. The van der Waals surface area contributed by atoms with Crippen molar-refractivity contribution >= 4 is 17.7 Å². The number of nitrogens with zero attached hydrogens (tertiary/aromatic N) is 1. The number of aromatic amines is 1. The van der Waals surface area contributed by atoms with Crippen LogP contribution in [0.15, 0.2) is 22.2 Å². The predicted molar refractivity (Wildman–Crippen MR) is 59.5 cm³/mol. The maximum atomic E-state index is 11.0. The first-order valence-electron chi connectivity index (χ1n) is 4.99. The molecule has 86 valence electrons. The molecule has 0 radical (unpaired) electrons. The molecular weight excluding hydrogens is 228 g/mol. The van der Waals surface area contributed by atoms with Crippen molar-refractivity contribution in [2.75, 3.05) is 5.75 Å². The Balaban J connectivity index is 1.92. The Morgan fingerprint density at radius 2 is 2.38 bits per heavy atom. The topological polar surface area (TPSA) is 83.0 Å². The van der Waals surface area contributed by atoms with Crippen LogP contribution in [0, 0.1) is 5.41 Å². The fraction of sp³-hybridized carbons (Fsp3) is 0.500. The van der Waals surface area contributed by atoms with Gasteiger partial charge in [-0.3, -0.25) is 9.59 Å². The second-order valence-corrected chi connectivity index (χ2v) is 5.10. The lowest BCUT2D eigenvalue weighted by Crippen LogP contribution is -2.11. The van der Waals surface area contributed by atoms with Crippen LogP contribution < -0.4 is 5.56 Å². The van der Waals surface area contributed by atoms with Gasteiger partial charge in [0.05, 0.1) is 12.7 Å². The number of nitrogens with one attached hydrogen (secondary N) is 1. The summed E-state index contributed by atoms with van der Waals surface area (Å²) in [6, 6.07) is 1.43. The molecule has 0 amide bonds. The van der Waals surface area contributed by atoms with E-state index >= 15 is 0 Å². The van der Waals surface area contributed by atoms with Crippen molar-refractivity contribution in [3.8, 4) is 0 Å². The lowest BCUT2D eigenvalue weighted by atomic mass is 10.1. The van der Waals surface area contributed by atoms with Gasteiger partial charge in [0.1, 0.15) is 5.03 Å². The van der Waals surface area contributed by atoms with E-state index in [1.807, 2.05) is 0 Å². The summed E-state index contributed by atoms with van der Waals surface area (Å²) in [7, 11) is 0. The van der Waals surface area contributed by atoms with E-state index in [0.29, 0.717) is 5.03 Å². The van der Waals surface area contributed by atoms with Gasteiger partial charge in [-0.15, -0.1) is 11.8 Å². The van der Waals surface area contributed by atoms with Crippen LogP contribution in [0.2, 0.25) is 0 Å². The van der Waals surface area contributed by atoms with Gasteiger partial charge in [-0.05, 0) is 18.3 Å². The summed E-state index contributed by atoms with van der Waals surface area (Å²) in [4.78, 5) is 28.1. The normalized spacial score (nSPS) is 17.0. The molecule has 1 fully saturated rings. The fourth-order valence-electron chi connectivity index (χ4n) is 1.53. The van der Waals surface area contributed by atoms with Gasteiger partial charge in [0.2, 0.25) is 0 Å². The number of aromatic nitrogens is 2. The molecule has 2 N–H and O–H groups in total. The molecule has 0 bridgehead atoms. The second-order valence-electron chi connectivity index (χ2n) is 4.11. The van der Waals surface area contributed by atoms with Gasteiger partial charge < -0.3 is 10.1 Å². The third-order valence-electron chi connectivity index (χ3n) is 2.66. The molecule has 1 aromatic rings. The molecule has 1 aromatic heterocycles. The Morgan fingerprint density at radius 3 is 2.94 bits per heavy atom. The summed E-state index contributed by atoms with van der Waals surface area (Å²) < 4.78 is 0. The lowest BCUT2D eigenvalue weighted by Gasteiger charge is -2.10. The van der Waals surface area contributed by atoms with E-state index in [9.17, 15) is 9.59 Å². The third-order valence-corrected chi connectivity index (χ3v) is 3.94. The van der Waals surface area contributed by atoms with E-state index in [0.717, 1.165) is 18.6 Å². The Labute approximate surface area is 96.3 Å². The summed E-state index contributed by atoms with van der Waals surface area (Å²) in [6.45, 7) is 0. The van der Waals surface area contributed by atoms with Crippen molar-refractivity contribution in [3.63, 3.8) is 0 Å². The molecule has 1 aliphatic rings. The molecule has 0 unspecified atom stereocenters. The quantitative estimate of drug-likeness (QED) is 0.595. The average molecular weight is 240 g/mol. The van der Waals surface area contributed by atoms with Crippen LogP contribution in [0.4, 0.5) is 0 Å². The summed E-state index contributed by atoms with van der Waals surface area (Å²) in [5.74, 6) is -0.0348. The summed E-state index contributed by atoms with van der Waals surface area (Å²) >= 11 is 1.45. The van der Waals surface area contributed by atoms with Crippen LogP contribution in [-0.2, 0) is 4.79 Å². The standard InChI is InChI=1S/C10H12N2O3S/c13-7-3-8(12-6-11-7)16-5-10(1-2-10)4-9(14)15/h3,6H,1-2,4-5H2,(H,14,15)(H,11,12,13). The highest BCUT2D eigenvalue weighted by Crippen LogP contribution is 2.51. The zero-order valence-corrected chi connectivity index (χ0v) is 9.42. The van der Waals surface area contributed by atoms with Crippen LogP contribution in [0.25, 0.3) is 0 Å². The van der Waals surface area contributed by atoms with Gasteiger partial charge >= 0.3 is 5.97 Å². The van der Waals surface area contributed by atoms with E-state index in [2.05, 4.69) is 9.97 Å². The van der Waals surface area contributed by atoms with Crippen LogP contribution >= 0.6 is 11.8 Å². The number of aliphatic carboxylic acids is 1. The molecule has 6 heteroatoms. The highest BCUT2D eigenvalue weighted by molar-refractivity contribution is 7.99. The summed E-state index contributed by atoms with van der Waals surface area (Å²) in [5, 5.41) is 9.40. The third kappa shape index (κ3) is 2.85. The molecule has 0 aromatic carbocycles. The second kappa shape index (κ2) is 4.29. The zero-order valence-electron chi connectivity index (χ0n) is 8.60. The monoisotopic (exact) mass is 240 g/mol. The van der Waals surface area contributed by atoms with Crippen molar-refractivity contribution in [1.29, 1.82) is 0 Å². The first kappa shape index (κ1) is 11.2. The largest absolute Gasteiger partial charge is 0.481 e. The number of carboxylic acids is 1.